The van der Waals surface area contributed by atoms with Crippen molar-refractivity contribution in [2.45, 2.75) is 45.7 Å². The number of ether oxygens (including phenoxy) is 3. The SMILES string of the molecule is COC(OC)c1nc2c(cc1CO)CCCN2C(=O)Nc1cc(OC(C)C)c(C#N)cn1. The predicted octanol–water partition coefficient (Wildman–Crippen LogP) is 2.90. The Morgan fingerprint density at radius 2 is 2.09 bits per heavy atom. The van der Waals surface area contributed by atoms with E-state index in [2.05, 4.69) is 15.3 Å². The van der Waals surface area contributed by atoms with E-state index in [9.17, 15) is 15.2 Å². The van der Waals surface area contributed by atoms with Gasteiger partial charge < -0.3 is 19.3 Å². The Balaban J connectivity index is 1.91. The van der Waals surface area contributed by atoms with Gasteiger partial charge >= 0.3 is 6.03 Å². The lowest BCUT2D eigenvalue weighted by molar-refractivity contribution is -0.109. The van der Waals surface area contributed by atoms with Gasteiger partial charge in [0.15, 0.2) is 0 Å². The molecule has 0 radical (unpaired) electrons. The van der Waals surface area contributed by atoms with Crippen LogP contribution < -0.4 is 15.0 Å². The number of anilines is 2. The molecule has 0 fully saturated rings. The summed E-state index contributed by atoms with van der Waals surface area (Å²) in [5, 5.41) is 21.8. The number of nitrogens with one attached hydrogen (secondary N) is 1. The van der Waals surface area contributed by atoms with E-state index in [1.165, 1.54) is 31.4 Å². The number of carbonyl (C=O) groups excluding carboxylic acids is 1. The summed E-state index contributed by atoms with van der Waals surface area (Å²) < 4.78 is 16.3. The van der Waals surface area contributed by atoms with Crippen LogP contribution in [0.5, 0.6) is 5.75 Å². The number of rotatable bonds is 7. The van der Waals surface area contributed by atoms with E-state index in [1.807, 2.05) is 26.0 Å². The number of aryl methyl sites for hydroxylation is 1. The van der Waals surface area contributed by atoms with Gasteiger partial charge in [-0.2, -0.15) is 5.26 Å². The van der Waals surface area contributed by atoms with Gasteiger partial charge in [0.1, 0.15) is 34.7 Å². The van der Waals surface area contributed by atoms with Crippen molar-refractivity contribution >= 4 is 17.7 Å². The number of nitrogens with zero attached hydrogens (tertiary/aromatic N) is 4. The molecule has 0 unspecified atom stereocenters. The van der Waals surface area contributed by atoms with Crippen LogP contribution in [0.15, 0.2) is 18.3 Å². The minimum Gasteiger partial charge on any atom is -0.489 e. The first-order valence-electron chi connectivity index (χ1n) is 10.3. The standard InChI is InChI=1S/C22H27N5O5/c1-13(2)32-17-9-18(24-11-16(17)10-23)25-22(29)27-7-5-6-14-8-15(12-28)19(26-20(14)27)21(30-3)31-4/h8-9,11,13,21,28H,5-7,12H2,1-4H3,(H,24,25,29). The number of pyridine rings is 2. The lowest BCUT2D eigenvalue weighted by Crippen LogP contribution is -2.40. The average molecular weight is 441 g/mol. The first-order valence-corrected chi connectivity index (χ1v) is 10.3. The molecule has 2 amide bonds. The molecule has 0 atom stereocenters. The largest absolute Gasteiger partial charge is 0.489 e. The normalized spacial score (nSPS) is 13.1. The number of aliphatic hydroxyl groups excluding tert-OH is 1. The van der Waals surface area contributed by atoms with Crippen molar-refractivity contribution in [3.8, 4) is 11.8 Å². The maximum Gasteiger partial charge on any atom is 0.328 e. The maximum atomic E-state index is 13.1. The molecule has 0 bridgehead atoms. The van der Waals surface area contributed by atoms with Crippen molar-refractivity contribution in [1.29, 1.82) is 5.26 Å². The number of nitriles is 1. The van der Waals surface area contributed by atoms with Gasteiger partial charge in [-0.05, 0) is 38.3 Å². The molecule has 0 aromatic carbocycles. The Bertz CT molecular complexity index is 1020. The minimum absolute atomic E-state index is 0.139. The number of aliphatic hydroxyl groups is 1. The van der Waals surface area contributed by atoms with Crippen LogP contribution in [0.4, 0.5) is 16.4 Å². The van der Waals surface area contributed by atoms with E-state index in [1.54, 1.807) is 0 Å². The molecule has 0 aliphatic carbocycles. The molecular formula is C22H27N5O5. The zero-order valence-electron chi connectivity index (χ0n) is 18.6. The molecule has 2 aromatic heterocycles. The summed E-state index contributed by atoms with van der Waals surface area (Å²) in [6.45, 7) is 3.93. The van der Waals surface area contributed by atoms with Crippen molar-refractivity contribution in [3.63, 3.8) is 0 Å². The summed E-state index contributed by atoms with van der Waals surface area (Å²) in [5.74, 6) is 1.09. The van der Waals surface area contributed by atoms with Gasteiger partial charge in [0.2, 0.25) is 6.29 Å². The molecule has 0 saturated carbocycles. The van der Waals surface area contributed by atoms with Crippen LogP contribution in [0.3, 0.4) is 0 Å². The third-order valence-corrected chi connectivity index (χ3v) is 4.93. The van der Waals surface area contributed by atoms with E-state index < -0.39 is 12.3 Å². The van der Waals surface area contributed by atoms with E-state index in [0.29, 0.717) is 29.4 Å². The Morgan fingerprint density at radius 1 is 1.34 bits per heavy atom. The fourth-order valence-electron chi connectivity index (χ4n) is 3.52. The maximum absolute atomic E-state index is 13.1. The predicted molar refractivity (Wildman–Crippen MR) is 116 cm³/mol. The second kappa shape index (κ2) is 10.4. The molecule has 10 heteroatoms. The van der Waals surface area contributed by atoms with Gasteiger partial charge in [-0.25, -0.2) is 14.8 Å². The smallest absolute Gasteiger partial charge is 0.328 e. The first kappa shape index (κ1) is 23.4. The van der Waals surface area contributed by atoms with Crippen molar-refractivity contribution in [1.82, 2.24) is 9.97 Å². The van der Waals surface area contributed by atoms with Crippen LogP contribution in [-0.4, -0.2) is 48.0 Å². The molecule has 1 aliphatic heterocycles. The van der Waals surface area contributed by atoms with E-state index in [-0.39, 0.29) is 24.1 Å². The fourth-order valence-corrected chi connectivity index (χ4v) is 3.52. The Hall–Kier alpha value is -3.26. The minimum atomic E-state index is -0.773. The number of hydrogen-bond acceptors (Lipinski definition) is 8. The quantitative estimate of drug-likeness (QED) is 0.627. The summed E-state index contributed by atoms with van der Waals surface area (Å²) in [7, 11) is 2.96. The molecule has 1 aliphatic rings. The van der Waals surface area contributed by atoms with Crippen LogP contribution in [0.1, 0.15) is 48.9 Å². The molecule has 2 N–H and O–H groups in total. The van der Waals surface area contributed by atoms with Crippen LogP contribution in [0.2, 0.25) is 0 Å². The highest BCUT2D eigenvalue weighted by Gasteiger charge is 2.28. The van der Waals surface area contributed by atoms with Crippen molar-refractivity contribution in [2.24, 2.45) is 0 Å². The zero-order chi connectivity index (χ0) is 23.3. The van der Waals surface area contributed by atoms with Gasteiger partial charge in [0.05, 0.1) is 18.9 Å². The molecule has 3 rings (SSSR count). The highest BCUT2D eigenvalue weighted by molar-refractivity contribution is 6.01. The molecule has 0 spiro atoms. The Kier molecular flexibility index (Phi) is 7.58. The number of amides is 2. The Morgan fingerprint density at radius 3 is 2.72 bits per heavy atom. The number of urea groups is 1. The van der Waals surface area contributed by atoms with Gasteiger partial charge in [-0.15, -0.1) is 0 Å². The fraction of sp³-hybridized carbons (Fsp3) is 0.455. The zero-order valence-corrected chi connectivity index (χ0v) is 18.6. The van der Waals surface area contributed by atoms with Gasteiger partial charge in [0, 0.05) is 32.4 Å². The van der Waals surface area contributed by atoms with Gasteiger partial charge in [-0.1, -0.05) is 0 Å². The number of carbonyl (C=O) groups is 1. The summed E-state index contributed by atoms with van der Waals surface area (Å²) in [6.07, 6.45) is 1.92. The Labute approximate surface area is 186 Å². The van der Waals surface area contributed by atoms with Crippen molar-refractivity contribution < 1.29 is 24.1 Å². The van der Waals surface area contributed by atoms with Crippen LogP contribution in [-0.2, 0) is 22.5 Å². The molecule has 0 saturated heterocycles. The van der Waals surface area contributed by atoms with Gasteiger partial charge in [-0.3, -0.25) is 10.2 Å². The number of methoxy groups -OCH3 is 2. The second-order valence-corrected chi connectivity index (χ2v) is 7.51. The lowest BCUT2D eigenvalue weighted by atomic mass is 10.0. The third-order valence-electron chi connectivity index (χ3n) is 4.93. The van der Waals surface area contributed by atoms with Crippen LogP contribution in [0, 0.1) is 11.3 Å². The number of fused-ring (bicyclic) bond motifs is 1. The molecule has 2 aromatic rings. The molecular weight excluding hydrogens is 414 g/mol. The second-order valence-electron chi connectivity index (χ2n) is 7.51. The highest BCUT2D eigenvalue weighted by atomic mass is 16.7. The van der Waals surface area contributed by atoms with Crippen LogP contribution >= 0.6 is 0 Å². The van der Waals surface area contributed by atoms with E-state index in [0.717, 1.165) is 18.4 Å². The number of aromatic nitrogens is 2. The molecule has 10 nitrogen and oxygen atoms in total. The van der Waals surface area contributed by atoms with E-state index >= 15 is 0 Å². The summed E-state index contributed by atoms with van der Waals surface area (Å²) in [4.78, 5) is 23.4. The summed E-state index contributed by atoms with van der Waals surface area (Å²) in [5.41, 5.74) is 2.14. The summed E-state index contributed by atoms with van der Waals surface area (Å²) in [6, 6.07) is 4.97. The average Bonchev–Trinajstić information content (AvgIpc) is 2.78. The lowest BCUT2D eigenvalue weighted by Gasteiger charge is -2.30. The van der Waals surface area contributed by atoms with E-state index in [4.69, 9.17) is 14.2 Å². The first-order chi connectivity index (χ1) is 15.4. The number of hydrogen-bond donors (Lipinski definition) is 2. The third kappa shape index (κ3) is 4.96. The van der Waals surface area contributed by atoms with Crippen molar-refractivity contribution in [2.75, 3.05) is 31.0 Å². The summed E-state index contributed by atoms with van der Waals surface area (Å²) >= 11 is 0. The van der Waals surface area contributed by atoms with Crippen LogP contribution in [0.25, 0.3) is 0 Å². The van der Waals surface area contributed by atoms with Gasteiger partial charge in [0.25, 0.3) is 0 Å². The highest BCUT2D eigenvalue weighted by Crippen LogP contribution is 2.31. The topological polar surface area (TPSA) is 130 Å². The van der Waals surface area contributed by atoms with Crippen molar-refractivity contribution in [3.05, 3.63) is 40.7 Å². The monoisotopic (exact) mass is 441 g/mol. The molecule has 3 heterocycles. The molecule has 170 valence electrons. The molecule has 32 heavy (non-hydrogen) atoms.